The molecule has 0 unspecified atom stereocenters. The van der Waals surface area contributed by atoms with Gasteiger partial charge in [0.15, 0.2) is 0 Å². The molecule has 1 heterocycles. The molecular formula is C17H23N5O5S. The van der Waals surface area contributed by atoms with Crippen molar-refractivity contribution in [2.24, 2.45) is 0 Å². The molecule has 0 bridgehead atoms. The molecule has 152 valence electrons. The first-order valence-electron chi connectivity index (χ1n) is 8.73. The molecule has 0 aliphatic heterocycles. The molecule has 0 atom stereocenters. The number of benzene rings is 1. The second kappa shape index (κ2) is 8.93. The van der Waals surface area contributed by atoms with Crippen LogP contribution in [0.3, 0.4) is 0 Å². The highest BCUT2D eigenvalue weighted by Crippen LogP contribution is 2.33. The predicted octanol–water partition coefficient (Wildman–Crippen LogP) is 2.95. The Morgan fingerprint density at radius 2 is 1.79 bits per heavy atom. The van der Waals surface area contributed by atoms with E-state index in [1.165, 1.54) is 28.6 Å². The van der Waals surface area contributed by atoms with Gasteiger partial charge in [-0.3, -0.25) is 10.1 Å². The van der Waals surface area contributed by atoms with Crippen LogP contribution in [-0.2, 0) is 10.0 Å². The van der Waals surface area contributed by atoms with Crippen LogP contribution >= 0.6 is 0 Å². The fourth-order valence-electron chi connectivity index (χ4n) is 2.49. The highest BCUT2D eigenvalue weighted by Gasteiger charge is 2.26. The standard InChI is InChI=1S/C17H23N5O5S/c1-5-21(6-2)28(25,26)14-9-7-13(8-10-14)20-16-15(22(23)24)17(19-11-18-16)27-12(3)4/h7-12H,5-6H2,1-4H3,(H,18,19,20). The molecule has 1 aromatic carbocycles. The smallest absolute Gasteiger partial charge is 0.373 e. The van der Waals surface area contributed by atoms with Gasteiger partial charge in [-0.15, -0.1) is 0 Å². The average Bonchev–Trinajstić information content (AvgIpc) is 2.62. The summed E-state index contributed by atoms with van der Waals surface area (Å²) < 4.78 is 31.8. The van der Waals surface area contributed by atoms with Gasteiger partial charge in [-0.25, -0.2) is 13.4 Å². The molecule has 0 spiro atoms. The summed E-state index contributed by atoms with van der Waals surface area (Å²) in [6.07, 6.45) is 0.859. The van der Waals surface area contributed by atoms with Crippen molar-refractivity contribution in [3.05, 3.63) is 40.7 Å². The Morgan fingerprint density at radius 3 is 2.29 bits per heavy atom. The molecule has 0 aliphatic rings. The fraction of sp³-hybridized carbons (Fsp3) is 0.412. The highest BCUT2D eigenvalue weighted by atomic mass is 32.2. The zero-order chi connectivity index (χ0) is 20.9. The van der Waals surface area contributed by atoms with Gasteiger partial charge in [0.05, 0.1) is 15.9 Å². The first kappa shape index (κ1) is 21.5. The molecule has 28 heavy (non-hydrogen) atoms. The number of rotatable bonds is 9. The summed E-state index contributed by atoms with van der Waals surface area (Å²) in [6.45, 7) is 7.72. The Kier molecular flexibility index (Phi) is 6.86. The van der Waals surface area contributed by atoms with Crippen LogP contribution in [0.4, 0.5) is 17.2 Å². The molecule has 10 nitrogen and oxygen atoms in total. The van der Waals surface area contributed by atoms with Crippen LogP contribution < -0.4 is 10.1 Å². The minimum atomic E-state index is -3.58. The van der Waals surface area contributed by atoms with Gasteiger partial charge in [-0.2, -0.15) is 9.29 Å². The normalized spacial score (nSPS) is 11.6. The van der Waals surface area contributed by atoms with E-state index in [0.717, 1.165) is 6.33 Å². The van der Waals surface area contributed by atoms with Gasteiger partial charge in [0.1, 0.15) is 6.33 Å². The summed E-state index contributed by atoms with van der Waals surface area (Å²) in [4.78, 5) is 18.7. The van der Waals surface area contributed by atoms with E-state index in [-0.39, 0.29) is 22.7 Å². The number of ether oxygens (including phenoxy) is 1. The third-order valence-corrected chi connectivity index (χ3v) is 5.84. The summed E-state index contributed by atoms with van der Waals surface area (Å²) >= 11 is 0. The van der Waals surface area contributed by atoms with Crippen LogP contribution in [0.1, 0.15) is 27.7 Å². The maximum absolute atomic E-state index is 12.5. The second-order valence-corrected chi connectivity index (χ2v) is 7.98. The quantitative estimate of drug-likeness (QED) is 0.494. The lowest BCUT2D eigenvalue weighted by atomic mass is 10.3. The van der Waals surface area contributed by atoms with Crippen LogP contribution in [0.25, 0.3) is 0 Å². The number of nitro groups is 1. The molecule has 1 aromatic heterocycles. The van der Waals surface area contributed by atoms with Crippen molar-refractivity contribution < 1.29 is 18.1 Å². The molecule has 2 rings (SSSR count). The monoisotopic (exact) mass is 409 g/mol. The Labute approximate surface area is 163 Å². The third kappa shape index (κ3) is 4.73. The largest absolute Gasteiger partial charge is 0.470 e. The summed E-state index contributed by atoms with van der Waals surface area (Å²) in [7, 11) is -3.58. The van der Waals surface area contributed by atoms with Gasteiger partial charge < -0.3 is 10.1 Å². The zero-order valence-electron chi connectivity index (χ0n) is 16.1. The van der Waals surface area contributed by atoms with Crippen molar-refractivity contribution >= 4 is 27.2 Å². The maximum atomic E-state index is 12.5. The first-order valence-corrected chi connectivity index (χ1v) is 10.2. The van der Waals surface area contributed by atoms with E-state index < -0.39 is 20.6 Å². The van der Waals surface area contributed by atoms with Crippen molar-refractivity contribution in [1.29, 1.82) is 0 Å². The van der Waals surface area contributed by atoms with Crippen molar-refractivity contribution in [2.45, 2.75) is 38.7 Å². The summed E-state index contributed by atoms with van der Waals surface area (Å²) in [5.74, 6) is -0.187. The first-order chi connectivity index (χ1) is 13.2. The van der Waals surface area contributed by atoms with Crippen LogP contribution in [0, 0.1) is 10.1 Å². The van der Waals surface area contributed by atoms with E-state index in [9.17, 15) is 18.5 Å². The molecule has 0 amide bonds. The molecule has 2 aromatic rings. The van der Waals surface area contributed by atoms with Gasteiger partial charge >= 0.3 is 5.69 Å². The van der Waals surface area contributed by atoms with Crippen molar-refractivity contribution in [1.82, 2.24) is 14.3 Å². The summed E-state index contributed by atoms with van der Waals surface area (Å²) in [6, 6.07) is 5.92. The molecule has 0 saturated heterocycles. The Bertz CT molecular complexity index is 927. The van der Waals surface area contributed by atoms with E-state index in [0.29, 0.717) is 18.8 Å². The minimum Gasteiger partial charge on any atom is -0.470 e. The number of hydrogen-bond donors (Lipinski definition) is 1. The van der Waals surface area contributed by atoms with Crippen molar-refractivity contribution in [2.75, 3.05) is 18.4 Å². The molecule has 11 heteroatoms. The molecule has 0 fully saturated rings. The lowest BCUT2D eigenvalue weighted by molar-refractivity contribution is -0.385. The van der Waals surface area contributed by atoms with Crippen molar-refractivity contribution in [3.8, 4) is 5.88 Å². The topological polar surface area (TPSA) is 128 Å². The lowest BCUT2D eigenvalue weighted by Crippen LogP contribution is -2.30. The SMILES string of the molecule is CCN(CC)S(=O)(=O)c1ccc(Nc2ncnc(OC(C)C)c2[N+](=O)[O-])cc1. The molecule has 0 radical (unpaired) electrons. The third-order valence-electron chi connectivity index (χ3n) is 3.78. The Hall–Kier alpha value is -2.79. The van der Waals surface area contributed by atoms with E-state index >= 15 is 0 Å². The van der Waals surface area contributed by atoms with Crippen molar-refractivity contribution in [3.63, 3.8) is 0 Å². The number of hydrogen-bond acceptors (Lipinski definition) is 8. The van der Waals surface area contributed by atoms with E-state index in [4.69, 9.17) is 4.74 Å². The number of nitrogens with zero attached hydrogens (tertiary/aromatic N) is 4. The minimum absolute atomic E-state index is 0.0463. The Balaban J connectivity index is 2.34. The van der Waals surface area contributed by atoms with Crippen LogP contribution in [-0.4, -0.2) is 46.8 Å². The highest BCUT2D eigenvalue weighted by molar-refractivity contribution is 7.89. The molecule has 1 N–H and O–H groups in total. The number of nitrogens with one attached hydrogen (secondary N) is 1. The van der Waals surface area contributed by atoms with Crippen LogP contribution in [0.2, 0.25) is 0 Å². The van der Waals surface area contributed by atoms with Gasteiger partial charge in [-0.1, -0.05) is 13.8 Å². The molecule has 0 saturated carbocycles. The zero-order valence-corrected chi connectivity index (χ0v) is 16.9. The van der Waals surface area contributed by atoms with Gasteiger partial charge in [0.2, 0.25) is 15.8 Å². The van der Waals surface area contributed by atoms with E-state index in [1.807, 2.05) is 0 Å². The number of aromatic nitrogens is 2. The van der Waals surface area contributed by atoms with E-state index in [2.05, 4.69) is 15.3 Å². The van der Waals surface area contributed by atoms with Crippen LogP contribution in [0.15, 0.2) is 35.5 Å². The predicted molar refractivity (Wildman–Crippen MR) is 104 cm³/mol. The maximum Gasteiger partial charge on any atom is 0.373 e. The second-order valence-electron chi connectivity index (χ2n) is 6.04. The lowest BCUT2D eigenvalue weighted by Gasteiger charge is -2.18. The number of sulfonamides is 1. The summed E-state index contributed by atoms with van der Waals surface area (Å²) in [5, 5.41) is 14.3. The molecular weight excluding hydrogens is 386 g/mol. The number of anilines is 2. The van der Waals surface area contributed by atoms with Gasteiger partial charge in [0.25, 0.3) is 5.88 Å². The van der Waals surface area contributed by atoms with Gasteiger partial charge in [-0.05, 0) is 38.1 Å². The van der Waals surface area contributed by atoms with Crippen LogP contribution in [0.5, 0.6) is 5.88 Å². The summed E-state index contributed by atoms with van der Waals surface area (Å²) in [5.41, 5.74) is 0.0480. The average molecular weight is 409 g/mol. The molecule has 0 aliphatic carbocycles. The fourth-order valence-corrected chi connectivity index (χ4v) is 3.95. The van der Waals surface area contributed by atoms with E-state index in [1.54, 1.807) is 27.7 Å². The Morgan fingerprint density at radius 1 is 1.18 bits per heavy atom. The van der Waals surface area contributed by atoms with Gasteiger partial charge in [0, 0.05) is 18.8 Å².